The van der Waals surface area contributed by atoms with Crippen LogP contribution in [-0.4, -0.2) is 44.3 Å². The molecule has 2 aromatic rings. The summed E-state index contributed by atoms with van der Waals surface area (Å²) in [7, 11) is -2.09. The lowest BCUT2D eigenvalue weighted by Gasteiger charge is -2.43. The number of ketones is 1. The van der Waals surface area contributed by atoms with E-state index in [0.717, 1.165) is 16.9 Å². The predicted molar refractivity (Wildman–Crippen MR) is 105 cm³/mol. The summed E-state index contributed by atoms with van der Waals surface area (Å²) in [5, 5.41) is 5.20. The maximum atomic E-state index is 12.9. The van der Waals surface area contributed by atoms with Crippen molar-refractivity contribution >= 4 is 16.0 Å². The number of nitrogens with two attached hydrogens (primary N) is 1. The number of Topliss-reactive ketones (excluding diaryl/α,β-unsaturated/α-hetero) is 1. The minimum atomic E-state index is -3.71. The van der Waals surface area contributed by atoms with Crippen LogP contribution in [0.3, 0.4) is 0 Å². The summed E-state index contributed by atoms with van der Waals surface area (Å²) < 4.78 is 35.7. The van der Waals surface area contributed by atoms with Gasteiger partial charge in [-0.25, -0.2) is 5.14 Å². The number of ether oxygens (including phenoxy) is 2. The molecule has 0 bridgehead atoms. The molecule has 2 aliphatic heterocycles. The molecule has 0 amide bonds. The maximum absolute atomic E-state index is 12.9. The van der Waals surface area contributed by atoms with Crippen LogP contribution in [0, 0.1) is 0 Å². The summed E-state index contributed by atoms with van der Waals surface area (Å²) in [4.78, 5) is 12.9. The highest BCUT2D eigenvalue weighted by Crippen LogP contribution is 2.41. The van der Waals surface area contributed by atoms with Gasteiger partial charge in [-0.15, -0.1) is 0 Å². The number of benzene rings is 2. The van der Waals surface area contributed by atoms with Gasteiger partial charge in [-0.2, -0.15) is 12.7 Å². The smallest absolute Gasteiger partial charge is 0.276 e. The fraction of sp³-hybridized carbons (Fsp3) is 0.350. The molecule has 1 spiro atoms. The first kappa shape index (κ1) is 18.9. The van der Waals surface area contributed by atoms with E-state index in [1.165, 1.54) is 4.31 Å². The van der Waals surface area contributed by atoms with Crippen LogP contribution in [0.2, 0.25) is 0 Å². The van der Waals surface area contributed by atoms with Crippen molar-refractivity contribution in [1.82, 2.24) is 4.31 Å². The number of fused-ring (bicyclic) bond motifs is 1. The van der Waals surface area contributed by atoms with E-state index < -0.39 is 15.8 Å². The molecule has 2 aromatic carbocycles. The molecule has 0 radical (unpaired) electrons. The number of hydrogen-bond acceptors (Lipinski definition) is 5. The second kappa shape index (κ2) is 6.88. The van der Waals surface area contributed by atoms with Gasteiger partial charge in [0, 0.05) is 25.9 Å². The second-order valence-electron chi connectivity index (χ2n) is 7.27. The van der Waals surface area contributed by atoms with Crippen LogP contribution in [0.4, 0.5) is 0 Å². The molecule has 0 aromatic heterocycles. The number of hydrogen-bond donors (Lipinski definition) is 1. The Labute approximate surface area is 164 Å². The number of methoxy groups -OCH3 is 1. The largest absolute Gasteiger partial charge is 0.497 e. The third kappa shape index (κ3) is 3.50. The summed E-state index contributed by atoms with van der Waals surface area (Å²) in [6.45, 7) is 0.511. The van der Waals surface area contributed by atoms with E-state index in [-0.39, 0.29) is 25.3 Å². The van der Waals surface area contributed by atoms with Crippen LogP contribution in [0.25, 0.3) is 11.1 Å². The molecule has 0 unspecified atom stereocenters. The minimum Gasteiger partial charge on any atom is -0.497 e. The van der Waals surface area contributed by atoms with Gasteiger partial charge in [-0.05, 0) is 35.4 Å². The first-order valence-electron chi connectivity index (χ1n) is 9.08. The molecule has 1 saturated heterocycles. The quantitative estimate of drug-likeness (QED) is 0.850. The third-order valence-electron chi connectivity index (χ3n) is 5.51. The van der Waals surface area contributed by atoms with E-state index in [4.69, 9.17) is 14.6 Å². The van der Waals surface area contributed by atoms with Gasteiger partial charge in [0.2, 0.25) is 0 Å². The van der Waals surface area contributed by atoms with Crippen LogP contribution in [-0.2, 0) is 10.2 Å². The van der Waals surface area contributed by atoms with Crippen molar-refractivity contribution in [3.05, 3.63) is 48.0 Å². The molecular formula is C20H22N2O5S. The number of carbonyl (C=O) groups is 1. The zero-order valence-corrected chi connectivity index (χ0v) is 16.4. The van der Waals surface area contributed by atoms with Gasteiger partial charge < -0.3 is 9.47 Å². The van der Waals surface area contributed by atoms with Crippen molar-refractivity contribution in [2.45, 2.75) is 24.9 Å². The van der Waals surface area contributed by atoms with E-state index in [2.05, 4.69) is 0 Å². The Morgan fingerprint density at radius 3 is 2.32 bits per heavy atom. The molecule has 2 N–H and O–H groups in total. The van der Waals surface area contributed by atoms with Gasteiger partial charge in [-0.1, -0.05) is 18.2 Å². The third-order valence-corrected chi connectivity index (χ3v) is 6.59. The Balaban J connectivity index is 1.57. The second-order valence-corrected chi connectivity index (χ2v) is 8.81. The van der Waals surface area contributed by atoms with Crippen molar-refractivity contribution in [3.8, 4) is 22.6 Å². The van der Waals surface area contributed by atoms with Crippen molar-refractivity contribution in [1.29, 1.82) is 0 Å². The Kier molecular flexibility index (Phi) is 4.65. The van der Waals surface area contributed by atoms with Crippen molar-refractivity contribution in [2.24, 2.45) is 5.14 Å². The lowest BCUT2D eigenvalue weighted by Crippen LogP contribution is -2.53. The molecule has 148 valence electrons. The summed E-state index contributed by atoms with van der Waals surface area (Å²) in [6, 6.07) is 13.2. The topological polar surface area (TPSA) is 98.9 Å². The van der Waals surface area contributed by atoms with Gasteiger partial charge in [0.05, 0.1) is 19.1 Å². The SMILES string of the molecule is COc1ccc(-c2ccc3c(c2)C(=O)CC2(CCN(S(N)(=O)=O)CC2)O3)cc1. The lowest BCUT2D eigenvalue weighted by molar-refractivity contribution is 0.00594. The Hall–Kier alpha value is -2.42. The van der Waals surface area contributed by atoms with E-state index in [0.29, 0.717) is 24.2 Å². The molecule has 2 heterocycles. The fourth-order valence-corrected chi connectivity index (χ4v) is 4.58. The molecule has 4 rings (SSSR count). The Bertz CT molecular complexity index is 1010. The average molecular weight is 402 g/mol. The molecule has 0 aliphatic carbocycles. The average Bonchev–Trinajstić information content (AvgIpc) is 2.67. The molecule has 0 saturated carbocycles. The summed E-state index contributed by atoms with van der Waals surface area (Å²) >= 11 is 0. The molecule has 8 heteroatoms. The Morgan fingerprint density at radius 2 is 1.71 bits per heavy atom. The molecule has 28 heavy (non-hydrogen) atoms. The van der Waals surface area contributed by atoms with Crippen LogP contribution < -0.4 is 14.6 Å². The van der Waals surface area contributed by atoms with Crippen LogP contribution >= 0.6 is 0 Å². The first-order valence-corrected chi connectivity index (χ1v) is 10.6. The first-order chi connectivity index (χ1) is 13.3. The molecule has 2 aliphatic rings. The Morgan fingerprint density at radius 1 is 1.07 bits per heavy atom. The number of carbonyl (C=O) groups excluding carboxylic acids is 1. The zero-order chi connectivity index (χ0) is 19.9. The van der Waals surface area contributed by atoms with Gasteiger partial charge in [-0.3, -0.25) is 4.79 Å². The molecular weight excluding hydrogens is 380 g/mol. The summed E-state index contributed by atoms with van der Waals surface area (Å²) in [6.07, 6.45) is 1.12. The standard InChI is InChI=1S/C20H22N2O5S/c1-26-16-5-2-14(3-6-16)15-4-7-19-17(12-15)18(23)13-20(27-19)8-10-22(11-9-20)28(21,24)25/h2-7,12H,8-11,13H2,1H3,(H2,21,24,25). The normalized spacial score (nSPS) is 19.1. The monoisotopic (exact) mass is 402 g/mol. The molecule has 7 nitrogen and oxygen atoms in total. The highest BCUT2D eigenvalue weighted by Gasteiger charge is 2.44. The molecule has 0 atom stereocenters. The number of piperidine rings is 1. The van der Waals surface area contributed by atoms with Crippen molar-refractivity contribution in [3.63, 3.8) is 0 Å². The number of rotatable bonds is 3. The van der Waals surface area contributed by atoms with Crippen LogP contribution in [0.1, 0.15) is 29.6 Å². The van der Waals surface area contributed by atoms with E-state index in [1.807, 2.05) is 42.5 Å². The van der Waals surface area contributed by atoms with Crippen molar-refractivity contribution in [2.75, 3.05) is 20.2 Å². The predicted octanol–water partition coefficient (Wildman–Crippen LogP) is 2.37. The van der Waals surface area contributed by atoms with Gasteiger partial charge in [0.1, 0.15) is 17.1 Å². The van der Waals surface area contributed by atoms with Gasteiger partial charge in [0.25, 0.3) is 10.2 Å². The van der Waals surface area contributed by atoms with Crippen molar-refractivity contribution < 1.29 is 22.7 Å². The fourth-order valence-electron chi connectivity index (χ4n) is 3.88. The van der Waals surface area contributed by atoms with Crippen LogP contribution in [0.5, 0.6) is 11.5 Å². The lowest BCUT2D eigenvalue weighted by atomic mass is 9.82. The highest BCUT2D eigenvalue weighted by atomic mass is 32.2. The highest BCUT2D eigenvalue weighted by molar-refractivity contribution is 7.86. The maximum Gasteiger partial charge on any atom is 0.276 e. The minimum absolute atomic E-state index is 0.0145. The van der Waals surface area contributed by atoms with E-state index in [1.54, 1.807) is 7.11 Å². The molecule has 1 fully saturated rings. The van der Waals surface area contributed by atoms with Crippen LogP contribution in [0.15, 0.2) is 42.5 Å². The van der Waals surface area contributed by atoms with E-state index >= 15 is 0 Å². The van der Waals surface area contributed by atoms with Gasteiger partial charge in [0.15, 0.2) is 5.78 Å². The summed E-state index contributed by atoms with van der Waals surface area (Å²) in [5.41, 5.74) is 1.82. The summed E-state index contributed by atoms with van der Waals surface area (Å²) in [5.74, 6) is 1.34. The number of nitrogens with zero attached hydrogens (tertiary/aromatic N) is 1. The van der Waals surface area contributed by atoms with Gasteiger partial charge >= 0.3 is 0 Å². The zero-order valence-electron chi connectivity index (χ0n) is 15.6. The van der Waals surface area contributed by atoms with E-state index in [9.17, 15) is 13.2 Å².